The minimum absolute atomic E-state index is 0.614. The van der Waals surface area contributed by atoms with Gasteiger partial charge in [-0.2, -0.15) is 0 Å². The van der Waals surface area contributed by atoms with E-state index >= 15 is 0 Å². The lowest BCUT2D eigenvalue weighted by Crippen LogP contribution is -2.30. The molecule has 5 nitrogen and oxygen atoms in total. The van der Waals surface area contributed by atoms with Crippen molar-refractivity contribution in [1.29, 1.82) is 0 Å². The molecule has 0 bridgehead atoms. The number of β-amino-alcohol motifs (C(OH)–C–C–N with tert-alkyl or cyclic N) is 1. The van der Waals surface area contributed by atoms with Gasteiger partial charge >= 0.3 is 0 Å². The summed E-state index contributed by atoms with van der Waals surface area (Å²) in [6.07, 6.45) is 0.737. The Hall–Kier alpha value is -1.72. The second-order valence-electron chi connectivity index (χ2n) is 5.15. The van der Waals surface area contributed by atoms with E-state index < -0.39 is 5.60 Å². The number of likely N-dealkylation sites (tertiary alicyclic amines) is 1. The Balaban J connectivity index is 1.72. The maximum atomic E-state index is 10.7. The van der Waals surface area contributed by atoms with Crippen LogP contribution in [0.5, 0.6) is 0 Å². The van der Waals surface area contributed by atoms with E-state index in [1.807, 2.05) is 37.3 Å². The van der Waals surface area contributed by atoms with E-state index in [0.717, 1.165) is 29.9 Å². The molecule has 1 aliphatic heterocycles. The zero-order valence-corrected chi connectivity index (χ0v) is 10.9. The molecule has 1 N–H and O–H groups in total. The summed E-state index contributed by atoms with van der Waals surface area (Å²) in [4.78, 5) is 2.18. The maximum Gasteiger partial charge on any atom is 0.122 e. The number of rotatable bonds is 3. The molecular formula is C14H17N3O2. The normalized spacial score (nSPS) is 23.9. The van der Waals surface area contributed by atoms with Crippen LogP contribution in [0, 0.1) is 6.92 Å². The standard InChI is InChI=1S/C14H17N3O2/c1-11-13(16-19-15-11)9-17-8-7-14(18,10-17)12-5-3-2-4-6-12/h2-6,18H,7-10H2,1H3. The van der Waals surface area contributed by atoms with Gasteiger partial charge in [-0.3, -0.25) is 4.90 Å². The largest absolute Gasteiger partial charge is 0.384 e. The second kappa shape index (κ2) is 4.75. The van der Waals surface area contributed by atoms with Gasteiger partial charge in [0.1, 0.15) is 17.0 Å². The predicted molar refractivity (Wildman–Crippen MR) is 69.3 cm³/mol. The van der Waals surface area contributed by atoms with Crippen molar-refractivity contribution in [2.45, 2.75) is 25.5 Å². The number of aromatic nitrogens is 2. The van der Waals surface area contributed by atoms with Crippen LogP contribution in [0.15, 0.2) is 35.0 Å². The fraction of sp³-hybridized carbons (Fsp3) is 0.429. The molecule has 1 aliphatic rings. The molecule has 1 saturated heterocycles. The van der Waals surface area contributed by atoms with Crippen LogP contribution in [0.2, 0.25) is 0 Å². The summed E-state index contributed by atoms with van der Waals surface area (Å²) in [6.45, 7) is 4.01. The number of aryl methyl sites for hydroxylation is 1. The first-order valence-electron chi connectivity index (χ1n) is 6.46. The van der Waals surface area contributed by atoms with E-state index in [1.165, 1.54) is 0 Å². The van der Waals surface area contributed by atoms with Crippen molar-refractivity contribution >= 4 is 0 Å². The molecule has 2 heterocycles. The molecule has 0 spiro atoms. The number of hydrogen-bond acceptors (Lipinski definition) is 5. The van der Waals surface area contributed by atoms with E-state index in [9.17, 15) is 5.11 Å². The first kappa shape index (κ1) is 12.3. The summed E-state index contributed by atoms with van der Waals surface area (Å²) in [5, 5.41) is 18.4. The highest BCUT2D eigenvalue weighted by molar-refractivity contribution is 5.24. The SMILES string of the molecule is Cc1nonc1CN1CCC(O)(c2ccccc2)C1. The summed E-state index contributed by atoms with van der Waals surface area (Å²) in [7, 11) is 0. The third-order valence-corrected chi connectivity index (χ3v) is 3.76. The molecule has 0 aliphatic carbocycles. The molecule has 1 fully saturated rings. The summed E-state index contributed by atoms with van der Waals surface area (Å²) >= 11 is 0. The minimum Gasteiger partial charge on any atom is -0.384 e. The molecule has 2 aromatic rings. The first-order valence-corrected chi connectivity index (χ1v) is 6.46. The highest BCUT2D eigenvalue weighted by Gasteiger charge is 2.37. The second-order valence-corrected chi connectivity index (χ2v) is 5.15. The fourth-order valence-electron chi connectivity index (χ4n) is 2.59. The lowest BCUT2D eigenvalue weighted by atomic mass is 9.93. The molecule has 1 aromatic heterocycles. The van der Waals surface area contributed by atoms with E-state index in [0.29, 0.717) is 13.1 Å². The topological polar surface area (TPSA) is 62.4 Å². The van der Waals surface area contributed by atoms with Crippen molar-refractivity contribution in [3.05, 3.63) is 47.3 Å². The van der Waals surface area contributed by atoms with Gasteiger partial charge in [-0.25, -0.2) is 4.63 Å². The molecule has 1 atom stereocenters. The summed E-state index contributed by atoms with van der Waals surface area (Å²) in [5.74, 6) is 0. The van der Waals surface area contributed by atoms with Crippen molar-refractivity contribution in [2.75, 3.05) is 13.1 Å². The van der Waals surface area contributed by atoms with E-state index in [-0.39, 0.29) is 0 Å². The molecule has 1 aromatic carbocycles. The number of benzene rings is 1. The van der Waals surface area contributed by atoms with E-state index in [2.05, 4.69) is 15.2 Å². The van der Waals surface area contributed by atoms with Gasteiger partial charge in [0.15, 0.2) is 0 Å². The Labute approximate surface area is 111 Å². The van der Waals surface area contributed by atoms with Crippen LogP contribution in [0.4, 0.5) is 0 Å². The van der Waals surface area contributed by atoms with Crippen LogP contribution in [0.3, 0.4) is 0 Å². The quantitative estimate of drug-likeness (QED) is 0.904. The molecule has 100 valence electrons. The van der Waals surface area contributed by atoms with Crippen molar-refractivity contribution < 1.29 is 9.74 Å². The van der Waals surface area contributed by atoms with Crippen LogP contribution < -0.4 is 0 Å². The van der Waals surface area contributed by atoms with Gasteiger partial charge in [0.2, 0.25) is 0 Å². The molecule has 0 radical (unpaired) electrons. The Morgan fingerprint density at radius 2 is 2.11 bits per heavy atom. The third-order valence-electron chi connectivity index (χ3n) is 3.76. The smallest absolute Gasteiger partial charge is 0.122 e. The fourth-order valence-corrected chi connectivity index (χ4v) is 2.59. The van der Waals surface area contributed by atoms with Gasteiger partial charge in [0, 0.05) is 19.6 Å². The van der Waals surface area contributed by atoms with Crippen molar-refractivity contribution in [2.24, 2.45) is 0 Å². The molecule has 5 heteroatoms. The Kier molecular flexibility index (Phi) is 3.08. The summed E-state index contributed by atoms with van der Waals surface area (Å²) in [6, 6.07) is 9.84. The van der Waals surface area contributed by atoms with E-state index in [1.54, 1.807) is 0 Å². The molecule has 19 heavy (non-hydrogen) atoms. The minimum atomic E-state index is -0.758. The van der Waals surface area contributed by atoms with Crippen LogP contribution in [-0.2, 0) is 12.1 Å². The third kappa shape index (κ3) is 2.39. The van der Waals surface area contributed by atoms with Crippen LogP contribution in [-0.4, -0.2) is 33.4 Å². The van der Waals surface area contributed by atoms with Gasteiger partial charge in [0.05, 0.1) is 0 Å². The van der Waals surface area contributed by atoms with Crippen molar-refractivity contribution in [3.8, 4) is 0 Å². The number of nitrogens with zero attached hydrogens (tertiary/aromatic N) is 3. The molecule has 0 amide bonds. The summed E-state index contributed by atoms with van der Waals surface area (Å²) in [5.41, 5.74) is 1.88. The highest BCUT2D eigenvalue weighted by Crippen LogP contribution is 2.32. The molecular weight excluding hydrogens is 242 g/mol. The Morgan fingerprint density at radius 3 is 2.79 bits per heavy atom. The van der Waals surface area contributed by atoms with Crippen molar-refractivity contribution in [3.63, 3.8) is 0 Å². The molecule has 1 unspecified atom stereocenters. The molecule has 3 rings (SSSR count). The highest BCUT2D eigenvalue weighted by atomic mass is 16.6. The van der Waals surface area contributed by atoms with Gasteiger partial charge < -0.3 is 5.11 Å². The zero-order valence-electron chi connectivity index (χ0n) is 10.9. The predicted octanol–water partition coefficient (Wildman–Crippen LogP) is 1.47. The zero-order chi connectivity index (χ0) is 13.3. The van der Waals surface area contributed by atoms with E-state index in [4.69, 9.17) is 4.63 Å². The van der Waals surface area contributed by atoms with Crippen molar-refractivity contribution in [1.82, 2.24) is 15.2 Å². The Morgan fingerprint density at radius 1 is 1.32 bits per heavy atom. The van der Waals surface area contributed by atoms with Gasteiger partial charge in [-0.15, -0.1) is 0 Å². The van der Waals surface area contributed by atoms with Crippen LogP contribution in [0.1, 0.15) is 23.4 Å². The average Bonchev–Trinajstić information content (AvgIpc) is 3.00. The van der Waals surface area contributed by atoms with Gasteiger partial charge in [-0.1, -0.05) is 40.6 Å². The number of aliphatic hydroxyl groups is 1. The first-order chi connectivity index (χ1) is 9.17. The lowest BCUT2D eigenvalue weighted by molar-refractivity contribution is 0.0450. The van der Waals surface area contributed by atoms with Crippen LogP contribution in [0.25, 0.3) is 0 Å². The van der Waals surface area contributed by atoms with Gasteiger partial charge in [-0.05, 0) is 18.9 Å². The number of hydrogen-bond donors (Lipinski definition) is 1. The average molecular weight is 259 g/mol. The monoisotopic (exact) mass is 259 g/mol. The maximum absolute atomic E-state index is 10.7. The summed E-state index contributed by atoms with van der Waals surface area (Å²) < 4.78 is 4.70. The lowest BCUT2D eigenvalue weighted by Gasteiger charge is -2.23. The van der Waals surface area contributed by atoms with Gasteiger partial charge in [0.25, 0.3) is 0 Å². The Bertz CT molecular complexity index is 555. The molecule has 0 saturated carbocycles. The van der Waals surface area contributed by atoms with Crippen LogP contribution >= 0.6 is 0 Å².